The third-order valence-corrected chi connectivity index (χ3v) is 2.95. The second kappa shape index (κ2) is 3.84. The molecule has 0 spiro atoms. The second-order valence-corrected chi connectivity index (χ2v) is 7.05. The minimum absolute atomic E-state index is 0.312. The van der Waals surface area contributed by atoms with E-state index in [1.807, 2.05) is 0 Å². The predicted molar refractivity (Wildman–Crippen MR) is 61.4 cm³/mol. The second-order valence-electron chi connectivity index (χ2n) is 7.05. The highest BCUT2D eigenvalue weighted by atomic mass is 16.5. The first-order valence-corrected chi connectivity index (χ1v) is 5.80. The average Bonchev–Trinajstić information content (AvgIpc) is 2.29. The lowest BCUT2D eigenvalue weighted by molar-refractivity contribution is 0.0272. The highest BCUT2D eigenvalue weighted by Crippen LogP contribution is 2.37. The normalized spacial score (nSPS) is 29.6. The van der Waals surface area contributed by atoms with E-state index >= 15 is 0 Å². The first-order valence-electron chi connectivity index (χ1n) is 5.80. The molecular weight excluding hydrogens is 172 g/mol. The quantitative estimate of drug-likeness (QED) is 0.621. The largest absolute Gasteiger partial charge is 0.377 e. The molecule has 0 amide bonds. The summed E-state index contributed by atoms with van der Waals surface area (Å²) in [7, 11) is 0. The zero-order chi connectivity index (χ0) is 11.0. The van der Waals surface area contributed by atoms with Gasteiger partial charge in [0.1, 0.15) is 0 Å². The van der Waals surface area contributed by atoms with Gasteiger partial charge in [0, 0.05) is 6.61 Å². The van der Waals surface area contributed by atoms with Crippen LogP contribution >= 0.6 is 0 Å². The molecule has 1 heteroatoms. The maximum Gasteiger partial charge on any atom is 0.0627 e. The van der Waals surface area contributed by atoms with Crippen LogP contribution in [0.2, 0.25) is 0 Å². The van der Waals surface area contributed by atoms with E-state index in [0.717, 1.165) is 12.5 Å². The Morgan fingerprint density at radius 1 is 1.07 bits per heavy atom. The van der Waals surface area contributed by atoms with E-state index in [-0.39, 0.29) is 0 Å². The van der Waals surface area contributed by atoms with E-state index in [1.165, 1.54) is 12.8 Å². The third kappa shape index (κ3) is 3.61. The van der Waals surface area contributed by atoms with Crippen molar-refractivity contribution >= 4 is 0 Å². The predicted octanol–water partition coefficient (Wildman–Crippen LogP) is 3.87. The van der Waals surface area contributed by atoms with Crippen molar-refractivity contribution in [1.82, 2.24) is 0 Å². The van der Waals surface area contributed by atoms with Gasteiger partial charge in [-0.05, 0) is 29.6 Å². The van der Waals surface area contributed by atoms with Crippen LogP contribution in [-0.2, 0) is 4.74 Å². The van der Waals surface area contributed by atoms with Gasteiger partial charge in [0.2, 0.25) is 0 Å². The lowest BCUT2D eigenvalue weighted by Gasteiger charge is -2.26. The lowest BCUT2D eigenvalue weighted by atomic mass is 9.80. The van der Waals surface area contributed by atoms with Crippen molar-refractivity contribution in [2.24, 2.45) is 16.7 Å². The molecule has 2 atom stereocenters. The highest BCUT2D eigenvalue weighted by Gasteiger charge is 2.35. The van der Waals surface area contributed by atoms with Gasteiger partial charge in [-0.3, -0.25) is 0 Å². The number of hydrogen-bond donors (Lipinski definition) is 0. The SMILES string of the molecule is CC(C)(C)CC1COC(C(C)(C)C)C1. The van der Waals surface area contributed by atoms with E-state index in [4.69, 9.17) is 4.74 Å². The molecule has 2 unspecified atom stereocenters. The fraction of sp³-hybridized carbons (Fsp3) is 1.00. The molecule has 0 radical (unpaired) electrons. The molecule has 1 heterocycles. The highest BCUT2D eigenvalue weighted by molar-refractivity contribution is 4.84. The van der Waals surface area contributed by atoms with Crippen LogP contribution in [-0.4, -0.2) is 12.7 Å². The molecule has 0 aromatic rings. The summed E-state index contributed by atoms with van der Waals surface area (Å²) in [4.78, 5) is 0. The molecule has 0 aliphatic carbocycles. The average molecular weight is 198 g/mol. The number of ether oxygens (including phenoxy) is 1. The van der Waals surface area contributed by atoms with Gasteiger partial charge in [0.25, 0.3) is 0 Å². The van der Waals surface area contributed by atoms with Crippen molar-refractivity contribution in [3.05, 3.63) is 0 Å². The molecule has 1 fully saturated rings. The Kier molecular flexibility index (Phi) is 3.30. The molecule has 1 nitrogen and oxygen atoms in total. The topological polar surface area (TPSA) is 9.23 Å². The van der Waals surface area contributed by atoms with Crippen LogP contribution in [0.3, 0.4) is 0 Å². The minimum atomic E-state index is 0.312. The Bertz CT molecular complexity index is 182. The zero-order valence-electron chi connectivity index (χ0n) is 10.7. The van der Waals surface area contributed by atoms with Crippen molar-refractivity contribution in [3.8, 4) is 0 Å². The molecule has 1 aliphatic rings. The van der Waals surface area contributed by atoms with Gasteiger partial charge in [0.05, 0.1) is 6.10 Å². The van der Waals surface area contributed by atoms with Crippen LogP contribution in [0.25, 0.3) is 0 Å². The smallest absolute Gasteiger partial charge is 0.0627 e. The monoisotopic (exact) mass is 198 g/mol. The summed E-state index contributed by atoms with van der Waals surface area (Å²) in [5.74, 6) is 0.777. The molecule has 84 valence electrons. The van der Waals surface area contributed by atoms with E-state index in [0.29, 0.717) is 16.9 Å². The summed E-state index contributed by atoms with van der Waals surface area (Å²) in [5, 5.41) is 0. The Morgan fingerprint density at radius 3 is 2.00 bits per heavy atom. The first-order chi connectivity index (χ1) is 6.18. The standard InChI is InChI=1S/C13H26O/c1-12(2,3)8-10-7-11(14-9-10)13(4,5)6/h10-11H,7-9H2,1-6H3. The van der Waals surface area contributed by atoms with Crippen LogP contribution in [0.1, 0.15) is 54.4 Å². The molecule has 0 aromatic heterocycles. The van der Waals surface area contributed by atoms with Crippen molar-refractivity contribution < 1.29 is 4.74 Å². The fourth-order valence-electron chi connectivity index (χ4n) is 2.30. The van der Waals surface area contributed by atoms with E-state index in [9.17, 15) is 0 Å². The number of hydrogen-bond acceptors (Lipinski definition) is 1. The first kappa shape index (κ1) is 12.0. The molecule has 1 saturated heterocycles. The van der Waals surface area contributed by atoms with Gasteiger partial charge in [0.15, 0.2) is 0 Å². The molecule has 14 heavy (non-hydrogen) atoms. The maximum absolute atomic E-state index is 5.88. The minimum Gasteiger partial charge on any atom is -0.377 e. The van der Waals surface area contributed by atoms with Crippen LogP contribution < -0.4 is 0 Å². The summed E-state index contributed by atoms with van der Waals surface area (Å²) in [6, 6.07) is 0. The molecule has 0 bridgehead atoms. The van der Waals surface area contributed by atoms with Crippen molar-refractivity contribution in [1.29, 1.82) is 0 Å². The van der Waals surface area contributed by atoms with Crippen molar-refractivity contribution in [2.45, 2.75) is 60.5 Å². The van der Waals surface area contributed by atoms with Crippen molar-refractivity contribution in [3.63, 3.8) is 0 Å². The zero-order valence-corrected chi connectivity index (χ0v) is 10.7. The molecule has 0 N–H and O–H groups in total. The Morgan fingerprint density at radius 2 is 1.64 bits per heavy atom. The summed E-state index contributed by atoms with van der Waals surface area (Å²) >= 11 is 0. The fourth-order valence-corrected chi connectivity index (χ4v) is 2.30. The molecule has 1 aliphatic heterocycles. The van der Waals surface area contributed by atoms with Gasteiger partial charge in [-0.1, -0.05) is 41.5 Å². The lowest BCUT2D eigenvalue weighted by Crippen LogP contribution is -2.25. The van der Waals surface area contributed by atoms with Gasteiger partial charge in [-0.2, -0.15) is 0 Å². The Hall–Kier alpha value is -0.0400. The van der Waals surface area contributed by atoms with Crippen molar-refractivity contribution in [2.75, 3.05) is 6.61 Å². The maximum atomic E-state index is 5.88. The molecular formula is C13H26O. The van der Waals surface area contributed by atoms with Gasteiger partial charge < -0.3 is 4.74 Å². The van der Waals surface area contributed by atoms with E-state index in [2.05, 4.69) is 41.5 Å². The summed E-state index contributed by atoms with van der Waals surface area (Å²) in [5.41, 5.74) is 0.757. The summed E-state index contributed by atoms with van der Waals surface area (Å²) < 4.78 is 5.88. The van der Waals surface area contributed by atoms with E-state index < -0.39 is 0 Å². The Balaban J connectivity index is 2.42. The van der Waals surface area contributed by atoms with E-state index in [1.54, 1.807) is 0 Å². The third-order valence-electron chi connectivity index (χ3n) is 2.95. The Labute approximate surface area is 89.2 Å². The summed E-state index contributed by atoms with van der Waals surface area (Å²) in [6.45, 7) is 14.7. The van der Waals surface area contributed by atoms with Crippen LogP contribution in [0.5, 0.6) is 0 Å². The van der Waals surface area contributed by atoms with Crippen LogP contribution in [0.4, 0.5) is 0 Å². The van der Waals surface area contributed by atoms with Crippen LogP contribution in [0, 0.1) is 16.7 Å². The van der Waals surface area contributed by atoms with Crippen LogP contribution in [0.15, 0.2) is 0 Å². The number of rotatable bonds is 1. The van der Waals surface area contributed by atoms with Gasteiger partial charge in [-0.25, -0.2) is 0 Å². The van der Waals surface area contributed by atoms with Gasteiger partial charge in [-0.15, -0.1) is 0 Å². The molecule has 1 rings (SSSR count). The summed E-state index contributed by atoms with van der Waals surface area (Å²) in [6.07, 6.45) is 3.01. The molecule has 0 saturated carbocycles. The molecule has 0 aromatic carbocycles. The van der Waals surface area contributed by atoms with Gasteiger partial charge >= 0.3 is 0 Å².